The first-order valence-electron chi connectivity index (χ1n) is 5.05. The van der Waals surface area contributed by atoms with Gasteiger partial charge in [0.25, 0.3) is 0 Å². The minimum absolute atomic E-state index is 0.168. The van der Waals surface area contributed by atoms with Crippen molar-refractivity contribution in [3.63, 3.8) is 0 Å². The number of rotatable bonds is 2. The highest BCUT2D eigenvalue weighted by Gasteiger charge is 2.23. The number of amides is 1. The van der Waals surface area contributed by atoms with Crippen molar-refractivity contribution in [2.45, 2.75) is 13.0 Å². The average Bonchev–Trinajstić information content (AvgIpc) is 2.76. The zero-order valence-electron chi connectivity index (χ0n) is 8.92. The van der Waals surface area contributed by atoms with Crippen LogP contribution in [0.1, 0.15) is 5.56 Å². The van der Waals surface area contributed by atoms with E-state index in [0.29, 0.717) is 0 Å². The molecule has 0 saturated carbocycles. The highest BCUT2D eigenvalue weighted by Crippen LogP contribution is 2.20. The SMILES string of the molecule is Cc1cccc(F)c1NC(=O)C1CSCN1. The number of benzene rings is 1. The van der Waals surface area contributed by atoms with Crippen LogP contribution in [0.25, 0.3) is 0 Å². The van der Waals surface area contributed by atoms with Crippen LogP contribution >= 0.6 is 11.8 Å². The number of hydrogen-bond acceptors (Lipinski definition) is 3. The Hall–Kier alpha value is -1.07. The van der Waals surface area contributed by atoms with Crippen molar-refractivity contribution >= 4 is 23.4 Å². The van der Waals surface area contributed by atoms with Crippen LogP contribution in [0.4, 0.5) is 10.1 Å². The standard InChI is InChI=1S/C11H13FN2OS/c1-7-3-2-4-8(12)10(7)14-11(15)9-5-16-6-13-9/h2-4,9,13H,5-6H2,1H3,(H,14,15). The molecular formula is C11H13FN2OS. The first kappa shape index (κ1) is 11.4. The fourth-order valence-electron chi connectivity index (χ4n) is 1.56. The largest absolute Gasteiger partial charge is 0.322 e. The van der Waals surface area contributed by atoms with Gasteiger partial charge >= 0.3 is 0 Å². The number of carbonyl (C=O) groups excluding carboxylic acids is 1. The highest BCUT2D eigenvalue weighted by molar-refractivity contribution is 7.99. The Morgan fingerprint density at radius 1 is 1.62 bits per heavy atom. The van der Waals surface area contributed by atoms with Crippen LogP contribution in [0.3, 0.4) is 0 Å². The summed E-state index contributed by atoms with van der Waals surface area (Å²) in [6.07, 6.45) is 0. The Morgan fingerprint density at radius 2 is 2.44 bits per heavy atom. The summed E-state index contributed by atoms with van der Waals surface area (Å²) in [5.41, 5.74) is 1.02. The van der Waals surface area contributed by atoms with Crippen molar-refractivity contribution < 1.29 is 9.18 Å². The van der Waals surface area contributed by atoms with E-state index in [2.05, 4.69) is 10.6 Å². The summed E-state index contributed by atoms with van der Waals surface area (Å²) >= 11 is 1.66. The molecule has 1 unspecified atom stereocenters. The summed E-state index contributed by atoms with van der Waals surface area (Å²) in [4.78, 5) is 11.8. The fourth-order valence-corrected chi connectivity index (χ4v) is 2.51. The predicted octanol–water partition coefficient (Wildman–Crippen LogP) is 1.74. The summed E-state index contributed by atoms with van der Waals surface area (Å²) in [6, 6.07) is 4.53. The first-order chi connectivity index (χ1) is 7.68. The van der Waals surface area contributed by atoms with Gasteiger partial charge in [0.1, 0.15) is 5.82 Å². The first-order valence-corrected chi connectivity index (χ1v) is 6.21. The molecule has 0 spiro atoms. The molecule has 1 aromatic carbocycles. The van der Waals surface area contributed by atoms with Crippen molar-refractivity contribution in [3.8, 4) is 0 Å². The van der Waals surface area contributed by atoms with Gasteiger partial charge in [-0.25, -0.2) is 4.39 Å². The van der Waals surface area contributed by atoms with E-state index >= 15 is 0 Å². The third kappa shape index (κ3) is 2.36. The Morgan fingerprint density at radius 3 is 3.06 bits per heavy atom. The number of thioether (sulfide) groups is 1. The van der Waals surface area contributed by atoms with Crippen LogP contribution in [-0.4, -0.2) is 23.6 Å². The van der Waals surface area contributed by atoms with Crippen LogP contribution in [0.5, 0.6) is 0 Å². The lowest BCUT2D eigenvalue weighted by atomic mass is 10.2. The summed E-state index contributed by atoms with van der Waals surface area (Å²) < 4.78 is 13.5. The van der Waals surface area contributed by atoms with E-state index in [-0.39, 0.29) is 23.5 Å². The Labute approximate surface area is 97.8 Å². The summed E-state index contributed by atoms with van der Waals surface area (Å²) in [5.74, 6) is 0.949. The predicted molar refractivity (Wildman–Crippen MR) is 64.0 cm³/mol. The zero-order chi connectivity index (χ0) is 11.5. The molecule has 1 atom stereocenters. The third-order valence-electron chi connectivity index (χ3n) is 2.50. The molecule has 2 N–H and O–H groups in total. The molecule has 1 saturated heterocycles. The van der Waals surface area contributed by atoms with E-state index < -0.39 is 0 Å². The lowest BCUT2D eigenvalue weighted by Gasteiger charge is -2.12. The summed E-state index contributed by atoms with van der Waals surface area (Å²) in [5, 5.41) is 5.67. The average molecular weight is 240 g/mol. The number of hydrogen-bond donors (Lipinski definition) is 2. The molecule has 0 aromatic heterocycles. The summed E-state index contributed by atoms with van der Waals surface area (Å²) in [6.45, 7) is 1.77. The van der Waals surface area contributed by atoms with E-state index in [4.69, 9.17) is 0 Å². The molecule has 1 fully saturated rings. The maximum absolute atomic E-state index is 13.5. The van der Waals surface area contributed by atoms with Gasteiger partial charge in [0.2, 0.25) is 5.91 Å². The van der Waals surface area contributed by atoms with Gasteiger partial charge in [-0.1, -0.05) is 12.1 Å². The van der Waals surface area contributed by atoms with Gasteiger partial charge in [0, 0.05) is 11.6 Å². The minimum Gasteiger partial charge on any atom is -0.322 e. The minimum atomic E-state index is -0.390. The summed E-state index contributed by atoms with van der Waals surface area (Å²) in [7, 11) is 0. The number of para-hydroxylation sites is 1. The molecule has 0 aliphatic carbocycles. The van der Waals surface area contributed by atoms with Crippen LogP contribution in [0, 0.1) is 12.7 Å². The van der Waals surface area contributed by atoms with Crippen LogP contribution in [0.15, 0.2) is 18.2 Å². The quantitative estimate of drug-likeness (QED) is 0.827. The molecule has 86 valence electrons. The normalized spacial score (nSPS) is 19.8. The maximum atomic E-state index is 13.5. The van der Waals surface area contributed by atoms with Gasteiger partial charge in [-0.05, 0) is 18.6 Å². The lowest BCUT2D eigenvalue weighted by molar-refractivity contribution is -0.117. The highest BCUT2D eigenvalue weighted by atomic mass is 32.2. The Kier molecular flexibility index (Phi) is 3.46. The Bertz CT molecular complexity index is 385. The van der Waals surface area contributed by atoms with E-state index in [1.165, 1.54) is 6.07 Å². The van der Waals surface area contributed by atoms with Gasteiger partial charge in [0.05, 0.1) is 11.7 Å². The van der Waals surface area contributed by atoms with Gasteiger partial charge < -0.3 is 5.32 Å². The topological polar surface area (TPSA) is 41.1 Å². The van der Waals surface area contributed by atoms with Gasteiger partial charge in [-0.3, -0.25) is 10.1 Å². The van der Waals surface area contributed by atoms with Crippen LogP contribution in [0.2, 0.25) is 0 Å². The van der Waals surface area contributed by atoms with Crippen molar-refractivity contribution in [1.29, 1.82) is 0 Å². The molecule has 1 heterocycles. The molecule has 1 amide bonds. The van der Waals surface area contributed by atoms with E-state index in [0.717, 1.165) is 17.2 Å². The smallest absolute Gasteiger partial charge is 0.242 e. The molecule has 1 aromatic rings. The van der Waals surface area contributed by atoms with Crippen molar-refractivity contribution in [3.05, 3.63) is 29.6 Å². The molecule has 16 heavy (non-hydrogen) atoms. The molecule has 2 rings (SSSR count). The molecule has 3 nitrogen and oxygen atoms in total. The molecule has 5 heteroatoms. The monoisotopic (exact) mass is 240 g/mol. The van der Waals surface area contributed by atoms with Crippen LogP contribution < -0.4 is 10.6 Å². The van der Waals surface area contributed by atoms with Crippen molar-refractivity contribution in [1.82, 2.24) is 5.32 Å². The van der Waals surface area contributed by atoms with Crippen molar-refractivity contribution in [2.75, 3.05) is 16.9 Å². The van der Waals surface area contributed by atoms with E-state index in [1.54, 1.807) is 30.8 Å². The number of nitrogens with one attached hydrogen (secondary N) is 2. The van der Waals surface area contributed by atoms with Gasteiger partial charge in [-0.2, -0.15) is 0 Å². The molecular weight excluding hydrogens is 227 g/mol. The lowest BCUT2D eigenvalue weighted by Crippen LogP contribution is -2.37. The number of aryl methyl sites for hydroxylation is 1. The molecule has 0 bridgehead atoms. The van der Waals surface area contributed by atoms with Crippen molar-refractivity contribution in [2.24, 2.45) is 0 Å². The second-order valence-corrected chi connectivity index (χ2v) is 4.72. The number of anilines is 1. The Balaban J connectivity index is 2.11. The van der Waals surface area contributed by atoms with Crippen LogP contribution in [-0.2, 0) is 4.79 Å². The van der Waals surface area contributed by atoms with E-state index in [1.807, 2.05) is 0 Å². The fraction of sp³-hybridized carbons (Fsp3) is 0.364. The molecule has 1 aliphatic rings. The van der Waals surface area contributed by atoms with Gasteiger partial charge in [0.15, 0.2) is 0 Å². The number of carbonyl (C=O) groups is 1. The second kappa shape index (κ2) is 4.84. The zero-order valence-corrected chi connectivity index (χ0v) is 9.73. The maximum Gasteiger partial charge on any atom is 0.242 e. The second-order valence-electron chi connectivity index (χ2n) is 3.69. The van der Waals surface area contributed by atoms with Gasteiger partial charge in [-0.15, -0.1) is 11.8 Å². The van der Waals surface area contributed by atoms with E-state index in [9.17, 15) is 9.18 Å². The molecule has 1 aliphatic heterocycles. The number of halogens is 1. The third-order valence-corrected chi connectivity index (χ3v) is 3.44. The molecule has 0 radical (unpaired) electrons.